The Balaban J connectivity index is 2.39. The van der Waals surface area contributed by atoms with E-state index in [1.165, 1.54) is 11.3 Å². The Morgan fingerprint density at radius 3 is 2.52 bits per heavy atom. The fraction of sp³-hybridized carbons (Fsp3) is 0.353. The highest BCUT2D eigenvalue weighted by Crippen LogP contribution is 2.29. The second kappa shape index (κ2) is 7.27. The van der Waals surface area contributed by atoms with Gasteiger partial charge in [0.1, 0.15) is 5.75 Å². The van der Waals surface area contributed by atoms with E-state index in [1.807, 2.05) is 42.6 Å². The van der Waals surface area contributed by atoms with Crippen LogP contribution in [0, 0.1) is 0 Å². The van der Waals surface area contributed by atoms with Crippen molar-refractivity contribution in [3.63, 3.8) is 0 Å². The van der Waals surface area contributed by atoms with Crippen molar-refractivity contribution in [2.75, 3.05) is 24.6 Å². The second-order valence-electron chi connectivity index (χ2n) is 4.59. The molecule has 0 radical (unpaired) electrons. The number of ketones is 1. The number of thiophene rings is 1. The Labute approximate surface area is 130 Å². The zero-order valence-corrected chi connectivity index (χ0v) is 13.6. The number of rotatable bonds is 7. The topological polar surface area (TPSA) is 29.5 Å². The van der Waals surface area contributed by atoms with Crippen LogP contribution in [0.25, 0.3) is 0 Å². The average molecular weight is 303 g/mol. The third-order valence-electron chi connectivity index (χ3n) is 3.38. The number of hydrogen-bond donors (Lipinski definition) is 0. The van der Waals surface area contributed by atoms with Crippen LogP contribution in [0.5, 0.6) is 5.75 Å². The molecular weight excluding hydrogens is 282 g/mol. The smallest absolute Gasteiger partial charge is 0.206 e. The molecule has 0 N–H and O–H groups in total. The van der Waals surface area contributed by atoms with Crippen molar-refractivity contribution in [3.8, 4) is 5.75 Å². The summed E-state index contributed by atoms with van der Waals surface area (Å²) >= 11 is 1.46. The van der Waals surface area contributed by atoms with Gasteiger partial charge in [0, 0.05) is 24.8 Å². The number of ether oxygens (including phenoxy) is 1. The normalized spacial score (nSPS) is 10.4. The van der Waals surface area contributed by atoms with Gasteiger partial charge in [0.25, 0.3) is 0 Å². The Morgan fingerprint density at radius 2 is 1.95 bits per heavy atom. The zero-order valence-electron chi connectivity index (χ0n) is 12.8. The van der Waals surface area contributed by atoms with Gasteiger partial charge in [-0.3, -0.25) is 4.79 Å². The van der Waals surface area contributed by atoms with Gasteiger partial charge in [-0.2, -0.15) is 0 Å². The summed E-state index contributed by atoms with van der Waals surface area (Å²) in [7, 11) is 0. The number of anilines is 1. The van der Waals surface area contributed by atoms with Crippen LogP contribution in [0.4, 0.5) is 5.69 Å². The second-order valence-corrected chi connectivity index (χ2v) is 5.54. The molecule has 0 aliphatic carbocycles. The van der Waals surface area contributed by atoms with Crippen molar-refractivity contribution >= 4 is 22.8 Å². The molecule has 0 aliphatic rings. The molecule has 0 saturated heterocycles. The van der Waals surface area contributed by atoms with E-state index in [0.29, 0.717) is 17.9 Å². The monoisotopic (exact) mass is 303 g/mol. The van der Waals surface area contributed by atoms with Gasteiger partial charge in [-0.05, 0) is 44.4 Å². The molecule has 1 aromatic heterocycles. The minimum atomic E-state index is 0.0274. The largest absolute Gasteiger partial charge is 0.493 e. The lowest BCUT2D eigenvalue weighted by molar-refractivity contribution is 0.103. The van der Waals surface area contributed by atoms with Crippen molar-refractivity contribution in [1.29, 1.82) is 0 Å². The van der Waals surface area contributed by atoms with Gasteiger partial charge >= 0.3 is 0 Å². The highest BCUT2D eigenvalue weighted by Gasteiger charge is 2.17. The Hall–Kier alpha value is -1.81. The van der Waals surface area contributed by atoms with Crippen LogP contribution in [0.15, 0.2) is 35.7 Å². The highest BCUT2D eigenvalue weighted by atomic mass is 32.1. The van der Waals surface area contributed by atoms with Crippen LogP contribution < -0.4 is 9.64 Å². The minimum Gasteiger partial charge on any atom is -0.493 e. The van der Waals surface area contributed by atoms with Crippen molar-refractivity contribution in [2.24, 2.45) is 0 Å². The summed E-state index contributed by atoms with van der Waals surface area (Å²) < 4.78 is 5.69. The van der Waals surface area contributed by atoms with E-state index in [-0.39, 0.29) is 5.78 Å². The standard InChI is InChI=1S/C17H21NO2S/c1-4-18(5-2)13-9-10-14(15(12-13)20-6-3)17(19)16-8-7-11-21-16/h7-12H,4-6H2,1-3H3. The number of carbonyl (C=O) groups is 1. The van der Waals surface area contributed by atoms with Crippen molar-refractivity contribution in [3.05, 3.63) is 46.2 Å². The molecule has 4 heteroatoms. The van der Waals surface area contributed by atoms with Gasteiger partial charge in [0.05, 0.1) is 17.0 Å². The van der Waals surface area contributed by atoms with Crippen LogP contribution in [-0.2, 0) is 0 Å². The fourth-order valence-corrected chi connectivity index (χ4v) is 2.98. The predicted octanol–water partition coefficient (Wildman–Crippen LogP) is 4.22. The van der Waals surface area contributed by atoms with E-state index in [1.54, 1.807) is 0 Å². The first kappa shape index (κ1) is 15.6. The fourth-order valence-electron chi connectivity index (χ4n) is 2.30. The van der Waals surface area contributed by atoms with Crippen molar-refractivity contribution in [1.82, 2.24) is 0 Å². The quantitative estimate of drug-likeness (QED) is 0.717. The molecule has 3 nitrogen and oxygen atoms in total. The predicted molar refractivity (Wildman–Crippen MR) is 88.9 cm³/mol. The van der Waals surface area contributed by atoms with Crippen LogP contribution in [0.2, 0.25) is 0 Å². The van der Waals surface area contributed by atoms with Gasteiger partial charge in [0.15, 0.2) is 0 Å². The van der Waals surface area contributed by atoms with E-state index in [0.717, 1.165) is 23.7 Å². The molecule has 112 valence electrons. The maximum atomic E-state index is 12.5. The van der Waals surface area contributed by atoms with E-state index in [9.17, 15) is 4.79 Å². The van der Waals surface area contributed by atoms with Crippen LogP contribution >= 0.6 is 11.3 Å². The van der Waals surface area contributed by atoms with Crippen LogP contribution in [-0.4, -0.2) is 25.5 Å². The van der Waals surface area contributed by atoms with Crippen LogP contribution in [0.3, 0.4) is 0 Å². The van der Waals surface area contributed by atoms with Gasteiger partial charge in [-0.15, -0.1) is 11.3 Å². The molecule has 0 spiro atoms. The van der Waals surface area contributed by atoms with Crippen molar-refractivity contribution in [2.45, 2.75) is 20.8 Å². The summed E-state index contributed by atoms with van der Waals surface area (Å²) in [6.07, 6.45) is 0. The summed E-state index contributed by atoms with van der Waals surface area (Å²) in [5, 5.41) is 1.91. The van der Waals surface area contributed by atoms with Crippen LogP contribution in [0.1, 0.15) is 36.0 Å². The van der Waals surface area contributed by atoms with E-state index >= 15 is 0 Å². The lowest BCUT2D eigenvalue weighted by Gasteiger charge is -2.22. The molecule has 1 heterocycles. The average Bonchev–Trinajstić information content (AvgIpc) is 3.03. The molecule has 0 fully saturated rings. The maximum Gasteiger partial charge on any atom is 0.206 e. The molecular formula is C17H21NO2S. The summed E-state index contributed by atoms with van der Waals surface area (Å²) in [4.78, 5) is 15.5. The number of nitrogens with zero attached hydrogens (tertiary/aromatic N) is 1. The summed E-state index contributed by atoms with van der Waals surface area (Å²) in [6, 6.07) is 9.58. The molecule has 0 atom stereocenters. The molecule has 1 aromatic carbocycles. The lowest BCUT2D eigenvalue weighted by Crippen LogP contribution is -2.22. The molecule has 0 unspecified atom stereocenters. The zero-order chi connectivity index (χ0) is 15.2. The van der Waals surface area contributed by atoms with E-state index < -0.39 is 0 Å². The summed E-state index contributed by atoms with van der Waals surface area (Å²) in [5.41, 5.74) is 1.72. The molecule has 2 aromatic rings. The van der Waals surface area contributed by atoms with Gasteiger partial charge in [-0.25, -0.2) is 0 Å². The molecule has 0 aliphatic heterocycles. The van der Waals surface area contributed by atoms with Gasteiger partial charge in [0.2, 0.25) is 5.78 Å². The first-order valence-electron chi connectivity index (χ1n) is 7.31. The number of carbonyl (C=O) groups excluding carboxylic acids is 1. The third-order valence-corrected chi connectivity index (χ3v) is 4.25. The number of benzene rings is 1. The molecule has 0 amide bonds. The van der Waals surface area contributed by atoms with Crippen molar-refractivity contribution < 1.29 is 9.53 Å². The first-order valence-corrected chi connectivity index (χ1v) is 8.19. The Kier molecular flexibility index (Phi) is 5.39. The van der Waals surface area contributed by atoms with E-state index in [4.69, 9.17) is 4.74 Å². The molecule has 0 saturated carbocycles. The molecule has 21 heavy (non-hydrogen) atoms. The first-order chi connectivity index (χ1) is 10.2. The minimum absolute atomic E-state index is 0.0274. The summed E-state index contributed by atoms with van der Waals surface area (Å²) in [6.45, 7) is 8.58. The van der Waals surface area contributed by atoms with Gasteiger partial charge < -0.3 is 9.64 Å². The molecule has 2 rings (SSSR count). The Bertz CT molecular complexity index is 589. The number of hydrogen-bond acceptors (Lipinski definition) is 4. The SMILES string of the molecule is CCOc1cc(N(CC)CC)ccc1C(=O)c1cccs1. The Morgan fingerprint density at radius 1 is 1.19 bits per heavy atom. The van der Waals surface area contributed by atoms with Gasteiger partial charge in [-0.1, -0.05) is 6.07 Å². The molecule has 0 bridgehead atoms. The highest BCUT2D eigenvalue weighted by molar-refractivity contribution is 7.12. The van der Waals surface area contributed by atoms with E-state index in [2.05, 4.69) is 18.7 Å². The maximum absolute atomic E-state index is 12.5. The summed E-state index contributed by atoms with van der Waals surface area (Å²) in [5.74, 6) is 0.694. The third kappa shape index (κ3) is 3.45. The lowest BCUT2D eigenvalue weighted by atomic mass is 10.1.